The third kappa shape index (κ3) is 30.9. The van der Waals surface area contributed by atoms with Crippen molar-refractivity contribution >= 4 is 15.9 Å². The van der Waals surface area contributed by atoms with Gasteiger partial charge in [0.1, 0.15) is 0 Å². The van der Waals surface area contributed by atoms with Crippen molar-refractivity contribution in [1.29, 1.82) is 0 Å². The van der Waals surface area contributed by atoms with Crippen LogP contribution in [-0.4, -0.2) is 37.0 Å². The number of rotatable bonds is 27. The molecule has 0 spiro atoms. The highest BCUT2D eigenvalue weighted by Gasteiger charge is 2.13. The van der Waals surface area contributed by atoms with Gasteiger partial charge < -0.3 is 21.5 Å². The first-order valence-electron chi connectivity index (χ1n) is 15.0. The van der Waals surface area contributed by atoms with Gasteiger partial charge in [0.25, 0.3) is 0 Å². The first kappa shape index (κ1) is 36.1. The zero-order chi connectivity index (χ0) is 23.6. The van der Waals surface area contributed by atoms with E-state index in [1.165, 1.54) is 177 Å². The number of hydrogen-bond donors (Lipinski definition) is 0. The van der Waals surface area contributed by atoms with Crippen molar-refractivity contribution < 1.29 is 21.5 Å². The summed E-state index contributed by atoms with van der Waals surface area (Å²) in [5, 5.41) is 1.18. The van der Waals surface area contributed by atoms with Gasteiger partial charge in [0, 0.05) is 5.33 Å². The van der Waals surface area contributed by atoms with Crippen molar-refractivity contribution in [3.8, 4) is 0 Å². The molecule has 0 aromatic heterocycles. The lowest BCUT2D eigenvalue weighted by molar-refractivity contribution is -0.890. The lowest BCUT2D eigenvalue weighted by Crippen LogP contribution is -3.00. The molecule has 0 bridgehead atoms. The van der Waals surface area contributed by atoms with E-state index in [1.807, 2.05) is 0 Å². The van der Waals surface area contributed by atoms with E-state index in [2.05, 4.69) is 36.9 Å². The lowest BCUT2D eigenvalue weighted by Gasteiger charge is -2.30. The molecule has 1 nitrogen and oxygen atoms in total. The topological polar surface area (TPSA) is 0 Å². The van der Waals surface area contributed by atoms with Crippen LogP contribution in [0, 0.1) is 0 Å². The minimum absolute atomic E-state index is 0. The zero-order valence-corrected chi connectivity index (χ0v) is 26.5. The maximum Gasteiger partial charge on any atom is 0.0782 e. The molecule has 0 aliphatic heterocycles. The Morgan fingerprint density at radius 2 is 0.636 bits per heavy atom. The predicted molar refractivity (Wildman–Crippen MR) is 152 cm³/mol. The molecule has 0 aliphatic rings. The van der Waals surface area contributed by atoms with Gasteiger partial charge in [-0.3, -0.25) is 0 Å². The molecule has 0 unspecified atom stereocenters. The number of nitrogens with zero attached hydrogens (tertiary/aromatic N) is 1. The van der Waals surface area contributed by atoms with Crippen molar-refractivity contribution in [2.75, 3.05) is 32.5 Å². The van der Waals surface area contributed by atoms with Gasteiger partial charge in [0.15, 0.2) is 0 Å². The van der Waals surface area contributed by atoms with Crippen molar-refractivity contribution in [3.05, 3.63) is 0 Å². The highest BCUT2D eigenvalue weighted by molar-refractivity contribution is 9.09. The molecule has 33 heavy (non-hydrogen) atoms. The fourth-order valence-corrected chi connectivity index (χ4v) is 5.29. The van der Waals surface area contributed by atoms with Crippen molar-refractivity contribution in [2.24, 2.45) is 0 Å². The van der Waals surface area contributed by atoms with Crippen LogP contribution in [0.25, 0.3) is 0 Å². The average Bonchev–Trinajstić information content (AvgIpc) is 2.77. The molecule has 3 heteroatoms. The van der Waals surface area contributed by atoms with E-state index in [0.29, 0.717) is 0 Å². The molecule has 0 atom stereocenters. The van der Waals surface area contributed by atoms with Crippen molar-refractivity contribution in [3.63, 3.8) is 0 Å². The smallest absolute Gasteiger partial charge is 0.0782 e. The largest absolute Gasteiger partial charge is 1.00 e. The maximum absolute atomic E-state index is 3.52. The molecule has 0 aliphatic carbocycles. The summed E-state index contributed by atoms with van der Waals surface area (Å²) < 4.78 is 1.24. The summed E-state index contributed by atoms with van der Waals surface area (Å²) >= 11 is 3.52. The summed E-state index contributed by atoms with van der Waals surface area (Å²) in [6, 6.07) is 0. The fraction of sp³-hybridized carbons (Fsp3) is 1.00. The first-order chi connectivity index (χ1) is 15.6. The molecule has 0 amide bonds. The van der Waals surface area contributed by atoms with Crippen LogP contribution in [0.1, 0.15) is 161 Å². The Morgan fingerprint density at radius 1 is 0.394 bits per heavy atom. The van der Waals surface area contributed by atoms with E-state index in [1.54, 1.807) is 0 Å². The van der Waals surface area contributed by atoms with Crippen LogP contribution in [0.3, 0.4) is 0 Å². The number of unbranched alkanes of at least 4 members (excludes halogenated alkanes) is 22. The lowest BCUT2D eigenvalue weighted by atomic mass is 10.0. The molecule has 0 heterocycles. The van der Waals surface area contributed by atoms with Gasteiger partial charge in [0.2, 0.25) is 0 Å². The van der Waals surface area contributed by atoms with Crippen molar-refractivity contribution in [2.45, 2.75) is 161 Å². The summed E-state index contributed by atoms with van der Waals surface area (Å²) in [5.74, 6) is 0. The quantitative estimate of drug-likeness (QED) is 0.0514. The number of hydrogen-bond acceptors (Lipinski definition) is 0. The molecule has 202 valence electrons. The Morgan fingerprint density at radius 3 is 0.909 bits per heavy atom. The van der Waals surface area contributed by atoms with Crippen LogP contribution in [0.5, 0.6) is 0 Å². The average molecular weight is 598 g/mol. The van der Waals surface area contributed by atoms with Crippen LogP contribution in [0.2, 0.25) is 0 Å². The number of quaternary nitrogens is 1. The standard InChI is InChI=1S/C30H63BrN.BrH/c1-4-5-6-7-8-9-10-14-17-20-23-26-29-32(2,3)30-27-24-21-18-15-12-11-13-16-19-22-25-28-31;/h4-30H2,1-3H3;1H/q+1;/p-1. The number of halogens is 2. The Balaban J connectivity index is 0. The van der Waals surface area contributed by atoms with E-state index >= 15 is 0 Å². The van der Waals surface area contributed by atoms with Gasteiger partial charge in [-0.15, -0.1) is 0 Å². The Kier molecular flexibility index (Phi) is 31.9. The van der Waals surface area contributed by atoms with Gasteiger partial charge in [-0.1, -0.05) is 145 Å². The van der Waals surface area contributed by atoms with Gasteiger partial charge in [-0.05, 0) is 32.1 Å². The fourth-order valence-electron chi connectivity index (χ4n) is 4.89. The van der Waals surface area contributed by atoms with Crippen LogP contribution < -0.4 is 17.0 Å². The second-order valence-electron chi connectivity index (χ2n) is 11.2. The summed E-state index contributed by atoms with van der Waals surface area (Å²) in [7, 11) is 4.91. The minimum Gasteiger partial charge on any atom is -1.00 e. The second-order valence-corrected chi connectivity index (χ2v) is 12.0. The van der Waals surface area contributed by atoms with E-state index in [0.717, 1.165) is 0 Å². The van der Waals surface area contributed by atoms with E-state index in [4.69, 9.17) is 0 Å². The normalized spacial score (nSPS) is 11.6. The Hall–Kier alpha value is 0.920. The Labute approximate surface area is 230 Å². The molecule has 0 N–H and O–H groups in total. The van der Waals surface area contributed by atoms with E-state index in [-0.39, 0.29) is 17.0 Å². The highest BCUT2D eigenvalue weighted by Crippen LogP contribution is 2.15. The second kappa shape index (κ2) is 29.2. The van der Waals surface area contributed by atoms with Crippen LogP contribution in [0.4, 0.5) is 0 Å². The SMILES string of the molecule is CCCCCCCCCCCCCC[N+](C)(C)CCCCCCCCCCCCCCBr.[Br-]. The van der Waals surface area contributed by atoms with Gasteiger partial charge in [-0.2, -0.15) is 0 Å². The molecule has 0 saturated carbocycles. The molecule has 0 radical (unpaired) electrons. The zero-order valence-electron chi connectivity index (χ0n) is 23.3. The Bertz CT molecular complexity index is 346. The maximum atomic E-state index is 3.52. The number of alkyl halides is 1. The van der Waals surface area contributed by atoms with Crippen LogP contribution >= 0.6 is 15.9 Å². The van der Waals surface area contributed by atoms with Crippen LogP contribution in [0.15, 0.2) is 0 Å². The van der Waals surface area contributed by atoms with E-state index in [9.17, 15) is 0 Å². The third-order valence-electron chi connectivity index (χ3n) is 7.26. The monoisotopic (exact) mass is 595 g/mol. The van der Waals surface area contributed by atoms with Gasteiger partial charge >= 0.3 is 0 Å². The molecule has 0 aromatic carbocycles. The van der Waals surface area contributed by atoms with Gasteiger partial charge in [0.05, 0.1) is 27.2 Å². The van der Waals surface area contributed by atoms with Gasteiger partial charge in [-0.25, -0.2) is 0 Å². The molecule has 0 aromatic rings. The first-order valence-corrected chi connectivity index (χ1v) is 16.1. The molecular formula is C30H63Br2N. The molecule has 0 fully saturated rings. The third-order valence-corrected chi connectivity index (χ3v) is 7.82. The molecular weight excluding hydrogens is 534 g/mol. The summed E-state index contributed by atoms with van der Waals surface area (Å²) in [6.45, 7) is 5.07. The minimum atomic E-state index is 0. The molecule has 0 saturated heterocycles. The van der Waals surface area contributed by atoms with Crippen LogP contribution in [-0.2, 0) is 0 Å². The van der Waals surface area contributed by atoms with Crippen molar-refractivity contribution in [1.82, 2.24) is 0 Å². The predicted octanol–water partition coefficient (Wildman–Crippen LogP) is 7.84. The van der Waals surface area contributed by atoms with E-state index < -0.39 is 0 Å². The molecule has 0 rings (SSSR count). The summed E-state index contributed by atoms with van der Waals surface area (Å²) in [5.41, 5.74) is 0. The summed E-state index contributed by atoms with van der Waals surface area (Å²) in [6.07, 6.45) is 34.8. The highest BCUT2D eigenvalue weighted by atomic mass is 79.9. The summed E-state index contributed by atoms with van der Waals surface area (Å²) in [4.78, 5) is 0.